The van der Waals surface area contributed by atoms with E-state index in [1.54, 1.807) is 0 Å². The fraction of sp³-hybridized carbons (Fsp3) is 0.654. The van der Waals surface area contributed by atoms with Crippen molar-refractivity contribution < 1.29 is 4.57 Å². The number of imidazole rings is 1. The highest BCUT2D eigenvalue weighted by molar-refractivity contribution is 5.13. The van der Waals surface area contributed by atoms with Gasteiger partial charge in [0.05, 0.1) is 6.54 Å². The molecule has 0 spiro atoms. The first-order valence-corrected chi connectivity index (χ1v) is 12.0. The minimum atomic E-state index is 0.991. The van der Waals surface area contributed by atoms with Crippen molar-refractivity contribution in [3.8, 4) is 0 Å². The molecule has 2 nitrogen and oxygen atoms in total. The topological polar surface area (TPSA) is 8.81 Å². The molecule has 0 fully saturated rings. The molecule has 2 aromatic rings. The molecule has 0 radical (unpaired) electrons. The van der Waals surface area contributed by atoms with E-state index in [9.17, 15) is 0 Å². The Morgan fingerprint density at radius 2 is 1.32 bits per heavy atom. The number of nitrogens with zero attached hydrogens (tertiary/aromatic N) is 2. The maximum absolute atomic E-state index is 2.47. The molecule has 0 N–H and O–H groups in total. The van der Waals surface area contributed by atoms with Crippen LogP contribution in [0.2, 0.25) is 0 Å². The minimum Gasteiger partial charge on any atom is -0.234 e. The van der Waals surface area contributed by atoms with E-state index in [4.69, 9.17) is 0 Å². The number of aromatic nitrogens is 2. The Morgan fingerprint density at radius 1 is 0.714 bits per heavy atom. The van der Waals surface area contributed by atoms with Gasteiger partial charge in [0.1, 0.15) is 18.9 Å². The van der Waals surface area contributed by atoms with Gasteiger partial charge in [-0.15, -0.1) is 0 Å². The summed E-state index contributed by atoms with van der Waals surface area (Å²) in [7, 11) is 0. The molecule has 0 amide bonds. The summed E-state index contributed by atoms with van der Waals surface area (Å²) in [6.45, 7) is 6.69. The van der Waals surface area contributed by atoms with Crippen molar-refractivity contribution in [1.29, 1.82) is 0 Å². The van der Waals surface area contributed by atoms with E-state index in [1.165, 1.54) is 94.9 Å². The first kappa shape index (κ1) is 22.7. The predicted octanol–water partition coefficient (Wildman–Crippen LogP) is 7.09. The van der Waals surface area contributed by atoms with Gasteiger partial charge < -0.3 is 0 Å². The van der Waals surface area contributed by atoms with Crippen LogP contribution in [0, 0.1) is 0 Å². The van der Waals surface area contributed by atoms with E-state index >= 15 is 0 Å². The Labute approximate surface area is 174 Å². The Morgan fingerprint density at radius 3 is 1.93 bits per heavy atom. The second-order valence-electron chi connectivity index (χ2n) is 8.31. The van der Waals surface area contributed by atoms with Crippen molar-refractivity contribution in [3.63, 3.8) is 0 Å². The number of unbranched alkanes of at least 4 members (excludes halogenated alkanes) is 10. The summed E-state index contributed by atoms with van der Waals surface area (Å²) in [4.78, 5) is 0. The number of hydrogen-bond donors (Lipinski definition) is 0. The van der Waals surface area contributed by atoms with Gasteiger partial charge >= 0.3 is 0 Å². The van der Waals surface area contributed by atoms with Gasteiger partial charge in [-0.2, -0.15) is 0 Å². The highest BCUT2D eigenvalue weighted by Crippen LogP contribution is 2.13. The molecular weight excluding hydrogens is 340 g/mol. The Balaban J connectivity index is 1.68. The third kappa shape index (κ3) is 8.63. The molecule has 0 bridgehead atoms. The number of hydrogen-bond acceptors (Lipinski definition) is 0. The molecule has 2 heteroatoms. The zero-order chi connectivity index (χ0) is 19.9. The number of rotatable bonds is 16. The molecule has 0 aliphatic heterocycles. The summed E-state index contributed by atoms with van der Waals surface area (Å²) in [6, 6.07) is 10.8. The largest absolute Gasteiger partial charge is 0.256 e. The fourth-order valence-electron chi connectivity index (χ4n) is 4.10. The van der Waals surface area contributed by atoms with Gasteiger partial charge in [-0.05, 0) is 18.4 Å². The second-order valence-corrected chi connectivity index (χ2v) is 8.31. The van der Waals surface area contributed by atoms with Gasteiger partial charge in [0.15, 0.2) is 0 Å². The summed E-state index contributed by atoms with van der Waals surface area (Å²) in [5.74, 6) is 1.50. The van der Waals surface area contributed by atoms with Crippen LogP contribution < -0.4 is 4.57 Å². The lowest BCUT2D eigenvalue weighted by molar-refractivity contribution is -0.695. The lowest BCUT2D eigenvalue weighted by Gasteiger charge is -2.06. The van der Waals surface area contributed by atoms with E-state index < -0.39 is 0 Å². The fourth-order valence-corrected chi connectivity index (χ4v) is 4.10. The van der Waals surface area contributed by atoms with E-state index in [0.29, 0.717) is 0 Å². The van der Waals surface area contributed by atoms with Gasteiger partial charge in [0, 0.05) is 6.42 Å². The molecule has 0 saturated heterocycles. The Kier molecular flexibility index (Phi) is 11.7. The summed E-state index contributed by atoms with van der Waals surface area (Å²) >= 11 is 0. The van der Waals surface area contributed by atoms with Gasteiger partial charge in [-0.25, -0.2) is 9.13 Å². The molecular formula is C26H43N2+. The average Bonchev–Trinajstić information content (AvgIpc) is 3.08. The highest BCUT2D eigenvalue weighted by Gasteiger charge is 2.16. The zero-order valence-electron chi connectivity index (χ0n) is 18.5. The summed E-state index contributed by atoms with van der Waals surface area (Å²) in [6.07, 6.45) is 22.5. The van der Waals surface area contributed by atoms with Gasteiger partial charge in [-0.3, -0.25) is 0 Å². The Hall–Kier alpha value is -1.57. The molecule has 0 unspecified atom stereocenters. The van der Waals surface area contributed by atoms with E-state index in [1.807, 2.05) is 0 Å². The molecule has 28 heavy (non-hydrogen) atoms. The van der Waals surface area contributed by atoms with Crippen LogP contribution in [-0.4, -0.2) is 4.57 Å². The minimum absolute atomic E-state index is 0.991. The van der Waals surface area contributed by atoms with E-state index in [-0.39, 0.29) is 0 Å². The smallest absolute Gasteiger partial charge is 0.234 e. The van der Waals surface area contributed by atoms with Crippen molar-refractivity contribution in [2.75, 3.05) is 0 Å². The summed E-state index contributed by atoms with van der Waals surface area (Å²) < 4.78 is 4.93. The molecule has 2 rings (SSSR count). The molecule has 156 valence electrons. The van der Waals surface area contributed by atoms with Crippen LogP contribution in [0.4, 0.5) is 0 Å². The standard InChI is InChI=1S/C26H43N2/c1-3-5-6-7-8-9-10-11-12-13-17-20-26-27(21-4-2)22-23-28(26)24-25-18-15-14-16-19-25/h14-16,18-19,22-23H,3-13,17,20-21,24H2,1-2H3/q+1. The maximum Gasteiger partial charge on any atom is 0.256 e. The molecule has 0 aliphatic carbocycles. The van der Waals surface area contributed by atoms with Gasteiger partial charge in [0.25, 0.3) is 5.82 Å². The van der Waals surface area contributed by atoms with Crippen LogP contribution in [0.25, 0.3) is 0 Å². The highest BCUT2D eigenvalue weighted by atomic mass is 15.1. The molecule has 0 aliphatic rings. The van der Waals surface area contributed by atoms with Gasteiger partial charge in [0.2, 0.25) is 0 Å². The third-order valence-electron chi connectivity index (χ3n) is 5.75. The van der Waals surface area contributed by atoms with Crippen molar-refractivity contribution >= 4 is 0 Å². The van der Waals surface area contributed by atoms with Crippen molar-refractivity contribution in [3.05, 3.63) is 54.1 Å². The van der Waals surface area contributed by atoms with Gasteiger partial charge in [-0.1, -0.05) is 108 Å². The summed E-state index contributed by atoms with van der Waals surface area (Å²) in [5, 5.41) is 0. The van der Waals surface area contributed by atoms with Crippen LogP contribution in [0.15, 0.2) is 42.7 Å². The quantitative estimate of drug-likeness (QED) is 0.216. The van der Waals surface area contributed by atoms with Crippen LogP contribution in [-0.2, 0) is 19.5 Å². The first-order chi connectivity index (χ1) is 13.8. The lowest BCUT2D eigenvalue weighted by Crippen LogP contribution is -2.37. The number of benzene rings is 1. The van der Waals surface area contributed by atoms with Crippen molar-refractivity contribution in [2.45, 2.75) is 110 Å². The molecule has 1 aromatic carbocycles. The van der Waals surface area contributed by atoms with Crippen LogP contribution in [0.3, 0.4) is 0 Å². The van der Waals surface area contributed by atoms with Crippen LogP contribution >= 0.6 is 0 Å². The van der Waals surface area contributed by atoms with E-state index in [2.05, 4.69) is 65.7 Å². The van der Waals surface area contributed by atoms with E-state index in [0.717, 1.165) is 13.1 Å². The zero-order valence-corrected chi connectivity index (χ0v) is 18.5. The summed E-state index contributed by atoms with van der Waals surface area (Å²) in [5.41, 5.74) is 1.39. The maximum atomic E-state index is 2.47. The monoisotopic (exact) mass is 383 g/mol. The SMILES string of the molecule is CCCCCCCCCCCCCc1n(CCC)cc[n+]1Cc1ccccc1. The molecule has 1 heterocycles. The normalized spacial score (nSPS) is 11.2. The van der Waals surface area contributed by atoms with Crippen LogP contribution in [0.5, 0.6) is 0 Å². The second kappa shape index (κ2) is 14.4. The predicted molar refractivity (Wildman–Crippen MR) is 121 cm³/mol. The Bertz CT molecular complexity index is 615. The molecule has 0 saturated carbocycles. The van der Waals surface area contributed by atoms with Crippen LogP contribution in [0.1, 0.15) is 102 Å². The molecule has 1 aromatic heterocycles. The molecule has 0 atom stereocenters. The van der Waals surface area contributed by atoms with Crippen molar-refractivity contribution in [2.24, 2.45) is 0 Å². The average molecular weight is 384 g/mol. The lowest BCUT2D eigenvalue weighted by atomic mass is 10.1. The van der Waals surface area contributed by atoms with Crippen molar-refractivity contribution in [1.82, 2.24) is 4.57 Å². The third-order valence-corrected chi connectivity index (χ3v) is 5.75. The number of aryl methyl sites for hydroxylation is 1. The first-order valence-electron chi connectivity index (χ1n) is 12.0.